The van der Waals surface area contributed by atoms with Crippen LogP contribution in [-0.2, 0) is 9.84 Å². The second-order valence-electron chi connectivity index (χ2n) is 4.72. The Hall–Kier alpha value is -1.58. The van der Waals surface area contributed by atoms with E-state index in [1.165, 1.54) is 0 Å². The van der Waals surface area contributed by atoms with E-state index in [1.807, 2.05) is 43.3 Å². The van der Waals surface area contributed by atoms with Gasteiger partial charge in [0.15, 0.2) is 9.84 Å². The van der Waals surface area contributed by atoms with E-state index in [0.717, 1.165) is 5.56 Å². The smallest absolute Gasteiger partial charge is 0.184 e. The molecule has 0 aliphatic rings. The van der Waals surface area contributed by atoms with Crippen LogP contribution in [-0.4, -0.2) is 13.7 Å². The molecule has 2 aromatic rings. The van der Waals surface area contributed by atoms with Crippen molar-refractivity contribution in [3.8, 4) is 0 Å². The molecule has 0 saturated heterocycles. The van der Waals surface area contributed by atoms with Gasteiger partial charge in [-0.25, -0.2) is 8.42 Å². The molecule has 21 heavy (non-hydrogen) atoms. The molecule has 0 aromatic heterocycles. The Balaban J connectivity index is 2.28. The number of hydrogen-bond acceptors (Lipinski definition) is 2. The van der Waals surface area contributed by atoms with Gasteiger partial charge in [-0.15, -0.1) is 0 Å². The summed E-state index contributed by atoms with van der Waals surface area (Å²) in [5.41, 5.74) is 0.988. The zero-order valence-electron chi connectivity index (χ0n) is 11.7. The lowest BCUT2D eigenvalue weighted by atomic mass is 10.2. The van der Waals surface area contributed by atoms with Crippen molar-refractivity contribution >= 4 is 27.5 Å². The summed E-state index contributed by atoms with van der Waals surface area (Å²) in [6, 6.07) is 16.0. The lowest BCUT2D eigenvalue weighted by Gasteiger charge is -2.12. The number of hydrogen-bond donors (Lipinski definition) is 0. The van der Waals surface area contributed by atoms with Gasteiger partial charge >= 0.3 is 0 Å². The third-order valence-corrected chi connectivity index (χ3v) is 5.71. The molecule has 0 radical (unpaired) electrons. The SMILES string of the molecule is CC[C@@H](/C=C/c1ccccc1)S(=O)(=O)c1ccc(Cl)cc1. The molecule has 0 saturated carbocycles. The topological polar surface area (TPSA) is 34.1 Å². The maximum Gasteiger partial charge on any atom is 0.184 e. The molecular weight excluding hydrogens is 304 g/mol. The lowest BCUT2D eigenvalue weighted by Crippen LogP contribution is -2.18. The lowest BCUT2D eigenvalue weighted by molar-refractivity contribution is 0.586. The van der Waals surface area contributed by atoms with Crippen LogP contribution in [0.3, 0.4) is 0 Å². The Kier molecular flexibility index (Phi) is 5.21. The van der Waals surface area contributed by atoms with Crippen LogP contribution in [0, 0.1) is 0 Å². The summed E-state index contributed by atoms with van der Waals surface area (Å²) in [5.74, 6) is 0. The molecule has 2 nitrogen and oxygen atoms in total. The van der Waals surface area contributed by atoms with E-state index in [2.05, 4.69) is 0 Å². The molecule has 0 N–H and O–H groups in total. The van der Waals surface area contributed by atoms with Crippen molar-refractivity contribution in [2.24, 2.45) is 0 Å². The van der Waals surface area contributed by atoms with E-state index < -0.39 is 15.1 Å². The summed E-state index contributed by atoms with van der Waals surface area (Å²) in [6.07, 6.45) is 4.12. The second-order valence-corrected chi connectivity index (χ2v) is 7.32. The fourth-order valence-electron chi connectivity index (χ4n) is 2.04. The highest BCUT2D eigenvalue weighted by molar-refractivity contribution is 7.92. The maximum atomic E-state index is 12.6. The van der Waals surface area contributed by atoms with Crippen molar-refractivity contribution in [1.82, 2.24) is 0 Å². The molecule has 0 unspecified atom stereocenters. The van der Waals surface area contributed by atoms with Gasteiger partial charge in [-0.05, 0) is 36.2 Å². The number of benzene rings is 2. The summed E-state index contributed by atoms with van der Waals surface area (Å²) in [6.45, 7) is 1.87. The third-order valence-electron chi connectivity index (χ3n) is 3.25. The van der Waals surface area contributed by atoms with E-state index in [1.54, 1.807) is 30.3 Å². The molecule has 2 rings (SSSR count). The average Bonchev–Trinajstić information content (AvgIpc) is 2.49. The highest BCUT2D eigenvalue weighted by Gasteiger charge is 2.23. The summed E-state index contributed by atoms with van der Waals surface area (Å²) in [4.78, 5) is 0.302. The molecule has 2 aromatic carbocycles. The first kappa shape index (κ1) is 15.8. The van der Waals surface area contributed by atoms with Crippen molar-refractivity contribution in [2.45, 2.75) is 23.5 Å². The highest BCUT2D eigenvalue weighted by atomic mass is 35.5. The molecule has 4 heteroatoms. The van der Waals surface area contributed by atoms with Crippen LogP contribution in [0.15, 0.2) is 65.6 Å². The van der Waals surface area contributed by atoms with Crippen molar-refractivity contribution in [2.75, 3.05) is 0 Å². The van der Waals surface area contributed by atoms with Crippen LogP contribution in [0.2, 0.25) is 5.02 Å². The first-order chi connectivity index (χ1) is 10.0. The Bertz CT molecular complexity index is 704. The minimum absolute atomic E-state index is 0.302. The van der Waals surface area contributed by atoms with E-state index in [0.29, 0.717) is 16.3 Å². The molecule has 0 spiro atoms. The van der Waals surface area contributed by atoms with Gasteiger partial charge in [0.25, 0.3) is 0 Å². The minimum atomic E-state index is -3.38. The van der Waals surface area contributed by atoms with E-state index in [9.17, 15) is 8.42 Å². The summed E-state index contributed by atoms with van der Waals surface area (Å²) >= 11 is 5.81. The standard InChI is InChI=1S/C17H17ClO2S/c1-2-16(11-8-14-6-4-3-5-7-14)21(19,20)17-12-9-15(18)10-13-17/h3-13,16H,2H2,1H3/b11-8+/t16-/m0/s1. The van der Waals surface area contributed by atoms with Crippen LogP contribution < -0.4 is 0 Å². The van der Waals surface area contributed by atoms with Gasteiger partial charge in [0.05, 0.1) is 10.1 Å². The molecular formula is C17H17ClO2S. The Labute approximate surface area is 131 Å². The molecule has 110 valence electrons. The van der Waals surface area contributed by atoms with E-state index in [4.69, 9.17) is 11.6 Å². The molecule has 0 bridgehead atoms. The van der Waals surface area contributed by atoms with Crippen molar-refractivity contribution < 1.29 is 8.42 Å². The van der Waals surface area contributed by atoms with Crippen LogP contribution in [0.1, 0.15) is 18.9 Å². The monoisotopic (exact) mass is 320 g/mol. The number of rotatable bonds is 5. The van der Waals surface area contributed by atoms with Gasteiger partial charge in [0, 0.05) is 5.02 Å². The fourth-order valence-corrected chi connectivity index (χ4v) is 3.76. The zero-order chi connectivity index (χ0) is 15.3. The van der Waals surface area contributed by atoms with Crippen molar-refractivity contribution in [1.29, 1.82) is 0 Å². The van der Waals surface area contributed by atoms with Gasteiger partial charge in [-0.2, -0.15) is 0 Å². The number of halogens is 1. The normalized spacial score (nSPS) is 13.4. The third kappa shape index (κ3) is 3.96. The highest BCUT2D eigenvalue weighted by Crippen LogP contribution is 2.22. The van der Waals surface area contributed by atoms with Gasteiger partial charge < -0.3 is 0 Å². The summed E-state index contributed by atoms with van der Waals surface area (Å²) in [5, 5.41) is -0.0132. The largest absolute Gasteiger partial charge is 0.223 e. The van der Waals surface area contributed by atoms with Crippen LogP contribution in [0.4, 0.5) is 0 Å². The van der Waals surface area contributed by atoms with Crippen molar-refractivity contribution in [3.05, 3.63) is 71.3 Å². The summed E-state index contributed by atoms with van der Waals surface area (Å²) in [7, 11) is -3.38. The van der Waals surface area contributed by atoms with E-state index >= 15 is 0 Å². The summed E-state index contributed by atoms with van der Waals surface area (Å²) < 4.78 is 25.2. The average molecular weight is 321 g/mol. The Morgan fingerprint density at radius 2 is 1.67 bits per heavy atom. The van der Waals surface area contributed by atoms with Crippen molar-refractivity contribution in [3.63, 3.8) is 0 Å². The maximum absolute atomic E-state index is 12.6. The van der Waals surface area contributed by atoms with Gasteiger partial charge in [0.2, 0.25) is 0 Å². The predicted octanol–water partition coefficient (Wildman–Crippen LogP) is 4.61. The van der Waals surface area contributed by atoms with Gasteiger partial charge in [-0.3, -0.25) is 0 Å². The zero-order valence-corrected chi connectivity index (χ0v) is 13.3. The van der Waals surface area contributed by atoms with Gasteiger partial charge in [-0.1, -0.05) is 61.0 Å². The molecule has 0 aliphatic heterocycles. The minimum Gasteiger partial charge on any atom is -0.223 e. The van der Waals surface area contributed by atoms with Crippen LogP contribution in [0.25, 0.3) is 6.08 Å². The van der Waals surface area contributed by atoms with Gasteiger partial charge in [0.1, 0.15) is 0 Å². The Morgan fingerprint density at radius 3 is 2.24 bits per heavy atom. The quantitative estimate of drug-likeness (QED) is 0.806. The second kappa shape index (κ2) is 6.92. The molecule has 0 aliphatic carbocycles. The fraction of sp³-hybridized carbons (Fsp3) is 0.176. The molecule has 1 atom stereocenters. The first-order valence-corrected chi connectivity index (χ1v) is 8.69. The molecule has 0 heterocycles. The number of sulfone groups is 1. The first-order valence-electron chi connectivity index (χ1n) is 6.76. The molecule has 0 fully saturated rings. The molecule has 0 amide bonds. The predicted molar refractivity (Wildman–Crippen MR) is 88.2 cm³/mol. The van der Waals surface area contributed by atoms with E-state index in [-0.39, 0.29) is 0 Å². The van der Waals surface area contributed by atoms with Crippen LogP contribution in [0.5, 0.6) is 0 Å². The van der Waals surface area contributed by atoms with Crippen LogP contribution >= 0.6 is 11.6 Å². The Morgan fingerprint density at radius 1 is 1.05 bits per heavy atom.